The Bertz CT molecular complexity index is 341. The number of halogens is 1. The number of nitrogens with two attached hydrogens (primary N) is 1. The molecule has 17 heavy (non-hydrogen) atoms. The van der Waals surface area contributed by atoms with Crippen molar-refractivity contribution in [1.82, 2.24) is 0 Å². The van der Waals surface area contributed by atoms with E-state index < -0.39 is 0 Å². The standard InChI is InChI=1S/C13H20FNO2/c1-13(2,3)17-8-7-16-9-10-11(14)5-4-6-12(10)15/h4-6H,7-9,15H2,1-3H3. The highest BCUT2D eigenvalue weighted by Crippen LogP contribution is 2.16. The minimum Gasteiger partial charge on any atom is -0.398 e. The first kappa shape index (κ1) is 13.9. The van der Waals surface area contributed by atoms with Crippen molar-refractivity contribution in [2.45, 2.75) is 33.0 Å². The summed E-state index contributed by atoms with van der Waals surface area (Å²) in [6.07, 6.45) is 0. The van der Waals surface area contributed by atoms with Gasteiger partial charge in [-0.15, -0.1) is 0 Å². The molecule has 1 rings (SSSR count). The van der Waals surface area contributed by atoms with E-state index in [1.54, 1.807) is 12.1 Å². The lowest BCUT2D eigenvalue weighted by Gasteiger charge is -2.19. The van der Waals surface area contributed by atoms with E-state index >= 15 is 0 Å². The van der Waals surface area contributed by atoms with E-state index in [0.29, 0.717) is 24.5 Å². The third kappa shape index (κ3) is 5.15. The topological polar surface area (TPSA) is 44.5 Å². The molecule has 96 valence electrons. The van der Waals surface area contributed by atoms with Crippen molar-refractivity contribution < 1.29 is 13.9 Å². The van der Waals surface area contributed by atoms with Crippen LogP contribution < -0.4 is 5.73 Å². The van der Waals surface area contributed by atoms with Crippen LogP contribution >= 0.6 is 0 Å². The first-order chi connectivity index (χ1) is 7.90. The van der Waals surface area contributed by atoms with E-state index in [1.165, 1.54) is 6.07 Å². The maximum absolute atomic E-state index is 13.4. The summed E-state index contributed by atoms with van der Waals surface area (Å²) < 4.78 is 24.2. The number of anilines is 1. The Morgan fingerprint density at radius 2 is 1.94 bits per heavy atom. The Morgan fingerprint density at radius 1 is 1.24 bits per heavy atom. The van der Waals surface area contributed by atoms with E-state index in [2.05, 4.69) is 0 Å². The zero-order valence-corrected chi connectivity index (χ0v) is 10.6. The Hall–Kier alpha value is -1.13. The lowest BCUT2D eigenvalue weighted by molar-refractivity contribution is -0.0379. The molecule has 0 saturated carbocycles. The van der Waals surface area contributed by atoms with Gasteiger partial charge >= 0.3 is 0 Å². The first-order valence-corrected chi connectivity index (χ1v) is 5.65. The number of benzene rings is 1. The molecule has 1 aromatic rings. The summed E-state index contributed by atoms with van der Waals surface area (Å²) in [6, 6.07) is 4.62. The van der Waals surface area contributed by atoms with Gasteiger partial charge in [0, 0.05) is 11.3 Å². The fraction of sp³-hybridized carbons (Fsp3) is 0.538. The molecule has 2 N–H and O–H groups in total. The molecule has 0 saturated heterocycles. The third-order valence-corrected chi connectivity index (χ3v) is 2.16. The Kier molecular flexibility index (Phi) is 4.90. The maximum atomic E-state index is 13.4. The largest absolute Gasteiger partial charge is 0.398 e. The molecule has 0 bridgehead atoms. The second kappa shape index (κ2) is 5.98. The summed E-state index contributed by atoms with van der Waals surface area (Å²) in [4.78, 5) is 0. The third-order valence-electron chi connectivity index (χ3n) is 2.16. The number of nitrogen functional groups attached to an aromatic ring is 1. The lowest BCUT2D eigenvalue weighted by atomic mass is 10.2. The Labute approximate surface area is 102 Å². The van der Waals surface area contributed by atoms with Crippen LogP contribution in [-0.2, 0) is 16.1 Å². The summed E-state index contributed by atoms with van der Waals surface area (Å²) >= 11 is 0. The monoisotopic (exact) mass is 241 g/mol. The van der Waals surface area contributed by atoms with Crippen LogP contribution in [0.15, 0.2) is 18.2 Å². The van der Waals surface area contributed by atoms with Crippen molar-refractivity contribution in [3.63, 3.8) is 0 Å². The molecular formula is C13H20FNO2. The zero-order valence-electron chi connectivity index (χ0n) is 10.6. The molecule has 0 amide bonds. The predicted octanol–water partition coefficient (Wildman–Crippen LogP) is 2.74. The van der Waals surface area contributed by atoms with E-state index in [9.17, 15) is 4.39 Å². The molecular weight excluding hydrogens is 221 g/mol. The van der Waals surface area contributed by atoms with Gasteiger partial charge in [-0.05, 0) is 32.9 Å². The van der Waals surface area contributed by atoms with E-state index in [4.69, 9.17) is 15.2 Å². The van der Waals surface area contributed by atoms with Crippen LogP contribution in [0.25, 0.3) is 0 Å². The van der Waals surface area contributed by atoms with Gasteiger partial charge in [0.15, 0.2) is 0 Å². The van der Waals surface area contributed by atoms with E-state index in [-0.39, 0.29) is 18.0 Å². The van der Waals surface area contributed by atoms with Gasteiger partial charge in [-0.1, -0.05) is 6.07 Å². The zero-order chi connectivity index (χ0) is 12.9. The molecule has 0 fully saturated rings. The van der Waals surface area contributed by atoms with Crippen LogP contribution in [-0.4, -0.2) is 18.8 Å². The maximum Gasteiger partial charge on any atom is 0.130 e. The normalized spacial score (nSPS) is 11.8. The van der Waals surface area contributed by atoms with Gasteiger partial charge in [-0.2, -0.15) is 0 Å². The van der Waals surface area contributed by atoms with Crippen molar-refractivity contribution in [3.05, 3.63) is 29.6 Å². The molecule has 0 aliphatic rings. The smallest absolute Gasteiger partial charge is 0.130 e. The summed E-state index contributed by atoms with van der Waals surface area (Å²) in [7, 11) is 0. The van der Waals surface area contributed by atoms with Crippen LogP contribution in [0.5, 0.6) is 0 Å². The van der Waals surface area contributed by atoms with Crippen molar-refractivity contribution in [2.24, 2.45) is 0 Å². The van der Waals surface area contributed by atoms with Crippen molar-refractivity contribution in [2.75, 3.05) is 18.9 Å². The Morgan fingerprint density at radius 3 is 2.53 bits per heavy atom. The minimum atomic E-state index is -0.332. The molecule has 4 heteroatoms. The van der Waals surface area contributed by atoms with Gasteiger partial charge < -0.3 is 15.2 Å². The fourth-order valence-corrected chi connectivity index (χ4v) is 1.31. The van der Waals surface area contributed by atoms with Crippen molar-refractivity contribution >= 4 is 5.69 Å². The fourth-order valence-electron chi connectivity index (χ4n) is 1.31. The molecule has 0 heterocycles. The van der Waals surface area contributed by atoms with Gasteiger partial charge in [0.1, 0.15) is 5.82 Å². The number of hydrogen-bond acceptors (Lipinski definition) is 3. The Balaban J connectivity index is 2.32. The molecule has 0 aliphatic carbocycles. The number of rotatable bonds is 5. The van der Waals surface area contributed by atoms with Crippen LogP contribution in [0, 0.1) is 5.82 Å². The predicted molar refractivity (Wildman–Crippen MR) is 66.2 cm³/mol. The summed E-state index contributed by atoms with van der Waals surface area (Å²) in [5.74, 6) is -0.332. The highest BCUT2D eigenvalue weighted by Gasteiger charge is 2.10. The van der Waals surface area contributed by atoms with Crippen LogP contribution in [0.3, 0.4) is 0 Å². The average Bonchev–Trinajstić information content (AvgIpc) is 2.20. The molecule has 0 atom stereocenters. The molecule has 0 radical (unpaired) electrons. The molecule has 1 aromatic carbocycles. The van der Waals surface area contributed by atoms with Crippen LogP contribution in [0.1, 0.15) is 26.3 Å². The van der Waals surface area contributed by atoms with E-state index in [0.717, 1.165) is 0 Å². The van der Waals surface area contributed by atoms with Crippen LogP contribution in [0.4, 0.5) is 10.1 Å². The van der Waals surface area contributed by atoms with E-state index in [1.807, 2.05) is 20.8 Å². The van der Waals surface area contributed by atoms with Crippen molar-refractivity contribution in [3.8, 4) is 0 Å². The average molecular weight is 241 g/mol. The van der Waals surface area contributed by atoms with Gasteiger partial charge in [-0.3, -0.25) is 0 Å². The van der Waals surface area contributed by atoms with Crippen molar-refractivity contribution in [1.29, 1.82) is 0 Å². The molecule has 3 nitrogen and oxygen atoms in total. The SMILES string of the molecule is CC(C)(C)OCCOCc1c(N)cccc1F. The molecule has 0 spiro atoms. The summed E-state index contributed by atoms with van der Waals surface area (Å²) in [5.41, 5.74) is 6.30. The molecule has 0 aliphatic heterocycles. The highest BCUT2D eigenvalue weighted by molar-refractivity contribution is 5.46. The summed E-state index contributed by atoms with van der Waals surface area (Å²) in [5, 5.41) is 0. The molecule has 0 unspecified atom stereocenters. The highest BCUT2D eigenvalue weighted by atomic mass is 19.1. The quantitative estimate of drug-likeness (QED) is 0.636. The molecule has 0 aromatic heterocycles. The first-order valence-electron chi connectivity index (χ1n) is 5.65. The van der Waals surface area contributed by atoms with Gasteiger partial charge in [0.2, 0.25) is 0 Å². The number of ether oxygens (including phenoxy) is 2. The van der Waals surface area contributed by atoms with Gasteiger partial charge in [0.05, 0.1) is 25.4 Å². The van der Waals surface area contributed by atoms with Gasteiger partial charge in [0.25, 0.3) is 0 Å². The minimum absolute atomic E-state index is 0.173. The number of hydrogen-bond donors (Lipinski definition) is 1. The lowest BCUT2D eigenvalue weighted by Crippen LogP contribution is -2.21. The second-order valence-electron chi connectivity index (χ2n) is 4.82. The van der Waals surface area contributed by atoms with Crippen LogP contribution in [0.2, 0.25) is 0 Å². The second-order valence-corrected chi connectivity index (χ2v) is 4.82. The van der Waals surface area contributed by atoms with Gasteiger partial charge in [-0.25, -0.2) is 4.39 Å². The summed E-state index contributed by atoms with van der Waals surface area (Å²) in [6.45, 7) is 7.00.